The number of allylic oxidation sites excluding steroid dienone is 1. The number of hydrogen-bond donors (Lipinski definition) is 1. The van der Waals surface area contributed by atoms with Gasteiger partial charge in [0.05, 0.1) is 5.60 Å². The fraction of sp³-hybridized carbons (Fsp3) is 0.700. The van der Waals surface area contributed by atoms with Crippen LogP contribution in [0.4, 0.5) is 13.2 Å². The molecule has 1 rings (SSSR count). The maximum atomic E-state index is 12.4. The van der Waals surface area contributed by atoms with Crippen LogP contribution in [0.1, 0.15) is 26.2 Å². The van der Waals surface area contributed by atoms with Gasteiger partial charge in [-0.1, -0.05) is 0 Å². The Morgan fingerprint density at radius 2 is 2.12 bits per heavy atom. The first-order valence-electron chi connectivity index (χ1n) is 4.88. The van der Waals surface area contributed by atoms with Crippen LogP contribution < -0.4 is 0 Å². The fourth-order valence-electron chi connectivity index (χ4n) is 1.44. The molecule has 1 aliphatic heterocycles. The van der Waals surface area contributed by atoms with Crippen molar-refractivity contribution in [1.82, 2.24) is 0 Å². The van der Waals surface area contributed by atoms with E-state index in [1.165, 1.54) is 6.92 Å². The van der Waals surface area contributed by atoms with Gasteiger partial charge in [-0.25, -0.2) is 4.79 Å². The number of hydrogen-bond acceptors (Lipinski definition) is 3. The standard InChI is InChI=1S/C10H13F3O3/c1-9(15)4-2-3-7(10(11,12)13)5-8(14)16-6-9/h5,15H,2-4,6H2,1H3/b7-5+. The van der Waals surface area contributed by atoms with Crippen molar-refractivity contribution in [2.45, 2.75) is 38.0 Å². The predicted octanol–water partition coefficient (Wildman–Crippen LogP) is 1.95. The summed E-state index contributed by atoms with van der Waals surface area (Å²) in [6.07, 6.45) is -4.02. The summed E-state index contributed by atoms with van der Waals surface area (Å²) in [7, 11) is 0. The van der Waals surface area contributed by atoms with E-state index in [4.69, 9.17) is 0 Å². The van der Waals surface area contributed by atoms with Gasteiger partial charge in [0.25, 0.3) is 0 Å². The number of carbonyl (C=O) groups excluding carboxylic acids is 1. The van der Waals surface area contributed by atoms with E-state index in [-0.39, 0.29) is 25.9 Å². The first-order valence-corrected chi connectivity index (χ1v) is 4.88. The Labute approximate surface area is 90.9 Å². The number of carbonyl (C=O) groups is 1. The van der Waals surface area contributed by atoms with E-state index in [2.05, 4.69) is 4.74 Å². The second-order valence-corrected chi connectivity index (χ2v) is 4.13. The Kier molecular flexibility index (Phi) is 3.62. The average molecular weight is 238 g/mol. The molecule has 0 aromatic rings. The highest BCUT2D eigenvalue weighted by Gasteiger charge is 2.35. The quantitative estimate of drug-likeness (QED) is 0.656. The summed E-state index contributed by atoms with van der Waals surface area (Å²) in [5.41, 5.74) is -2.17. The van der Waals surface area contributed by atoms with Gasteiger partial charge >= 0.3 is 12.1 Å². The molecule has 3 nitrogen and oxygen atoms in total. The zero-order chi connectivity index (χ0) is 12.4. The third-order valence-corrected chi connectivity index (χ3v) is 2.34. The van der Waals surface area contributed by atoms with Gasteiger partial charge in [0.2, 0.25) is 0 Å². The molecule has 0 aromatic heterocycles. The summed E-state index contributed by atoms with van der Waals surface area (Å²) < 4.78 is 41.8. The summed E-state index contributed by atoms with van der Waals surface area (Å²) in [5.74, 6) is -1.06. The average Bonchev–Trinajstić information content (AvgIpc) is 2.16. The molecule has 1 aliphatic rings. The maximum absolute atomic E-state index is 12.4. The van der Waals surface area contributed by atoms with Crippen LogP contribution in [0.25, 0.3) is 0 Å². The third-order valence-electron chi connectivity index (χ3n) is 2.34. The van der Waals surface area contributed by atoms with E-state index < -0.39 is 23.3 Å². The first-order chi connectivity index (χ1) is 7.21. The zero-order valence-electron chi connectivity index (χ0n) is 8.80. The summed E-state index contributed by atoms with van der Waals surface area (Å²) in [5, 5.41) is 9.63. The Morgan fingerprint density at radius 1 is 1.50 bits per heavy atom. The molecule has 0 amide bonds. The molecule has 0 aromatic carbocycles. The second-order valence-electron chi connectivity index (χ2n) is 4.13. The largest absolute Gasteiger partial charge is 0.459 e. The van der Waals surface area contributed by atoms with Crippen molar-refractivity contribution in [1.29, 1.82) is 0 Å². The smallest absolute Gasteiger partial charge is 0.412 e. The van der Waals surface area contributed by atoms with Crippen LogP contribution in [0, 0.1) is 0 Å². The molecule has 1 heterocycles. The number of cyclic esters (lactones) is 1. The molecule has 0 fully saturated rings. The number of halogens is 3. The molecule has 1 atom stereocenters. The van der Waals surface area contributed by atoms with Crippen LogP contribution in [0.5, 0.6) is 0 Å². The van der Waals surface area contributed by atoms with Gasteiger partial charge < -0.3 is 9.84 Å². The molecular formula is C10H13F3O3. The van der Waals surface area contributed by atoms with E-state index in [0.717, 1.165) is 0 Å². The third kappa shape index (κ3) is 3.84. The lowest BCUT2D eigenvalue weighted by Crippen LogP contribution is -2.31. The van der Waals surface area contributed by atoms with Crippen LogP contribution in [-0.2, 0) is 9.53 Å². The predicted molar refractivity (Wildman–Crippen MR) is 49.6 cm³/mol. The topological polar surface area (TPSA) is 46.5 Å². The number of aliphatic hydroxyl groups is 1. The van der Waals surface area contributed by atoms with Crippen molar-refractivity contribution in [3.05, 3.63) is 11.6 Å². The molecule has 0 radical (unpaired) electrons. The molecule has 0 saturated heterocycles. The van der Waals surface area contributed by atoms with E-state index in [9.17, 15) is 23.1 Å². The highest BCUT2D eigenvalue weighted by atomic mass is 19.4. The Morgan fingerprint density at radius 3 is 2.69 bits per heavy atom. The monoisotopic (exact) mass is 238 g/mol. The zero-order valence-corrected chi connectivity index (χ0v) is 8.80. The Balaban J connectivity index is 2.83. The number of alkyl halides is 3. The van der Waals surface area contributed by atoms with E-state index >= 15 is 0 Å². The minimum atomic E-state index is -4.52. The van der Waals surface area contributed by atoms with Crippen molar-refractivity contribution in [2.75, 3.05) is 6.61 Å². The molecule has 1 unspecified atom stereocenters. The van der Waals surface area contributed by atoms with Crippen LogP contribution in [0.15, 0.2) is 11.6 Å². The fourth-order valence-corrected chi connectivity index (χ4v) is 1.44. The lowest BCUT2D eigenvalue weighted by molar-refractivity contribution is -0.145. The molecular weight excluding hydrogens is 225 g/mol. The normalized spacial score (nSPS) is 31.8. The minimum absolute atomic E-state index is 0.160. The van der Waals surface area contributed by atoms with Crippen LogP contribution >= 0.6 is 0 Å². The van der Waals surface area contributed by atoms with Gasteiger partial charge in [0.15, 0.2) is 0 Å². The molecule has 16 heavy (non-hydrogen) atoms. The second kappa shape index (κ2) is 4.45. The number of esters is 1. The van der Waals surface area contributed by atoms with Crippen molar-refractivity contribution in [3.8, 4) is 0 Å². The van der Waals surface area contributed by atoms with Gasteiger partial charge in [-0.05, 0) is 26.2 Å². The molecule has 0 saturated carbocycles. The summed E-state index contributed by atoms with van der Waals surface area (Å²) >= 11 is 0. The van der Waals surface area contributed by atoms with Gasteiger partial charge in [-0.2, -0.15) is 13.2 Å². The Hall–Kier alpha value is -1.04. The van der Waals surface area contributed by atoms with Gasteiger partial charge in [-0.15, -0.1) is 0 Å². The molecule has 0 aliphatic carbocycles. The molecule has 6 heteroatoms. The van der Waals surface area contributed by atoms with E-state index in [1.807, 2.05) is 0 Å². The van der Waals surface area contributed by atoms with Gasteiger partial charge in [0.1, 0.15) is 6.61 Å². The van der Waals surface area contributed by atoms with Gasteiger partial charge in [0, 0.05) is 11.6 Å². The van der Waals surface area contributed by atoms with Crippen molar-refractivity contribution in [2.24, 2.45) is 0 Å². The number of rotatable bonds is 0. The highest BCUT2D eigenvalue weighted by molar-refractivity contribution is 5.83. The summed E-state index contributed by atoms with van der Waals surface area (Å²) in [6.45, 7) is 1.15. The molecule has 1 N–H and O–H groups in total. The number of ether oxygens (including phenoxy) is 1. The molecule has 92 valence electrons. The molecule has 0 spiro atoms. The van der Waals surface area contributed by atoms with E-state index in [0.29, 0.717) is 6.08 Å². The lowest BCUT2D eigenvalue weighted by Gasteiger charge is -2.21. The van der Waals surface area contributed by atoms with E-state index in [1.54, 1.807) is 0 Å². The SMILES string of the molecule is CC1(O)CCC/C(C(F)(F)F)=C\C(=O)OC1. The molecule has 0 bridgehead atoms. The van der Waals surface area contributed by atoms with Crippen molar-refractivity contribution >= 4 is 5.97 Å². The van der Waals surface area contributed by atoms with Crippen molar-refractivity contribution in [3.63, 3.8) is 0 Å². The summed E-state index contributed by atoms with van der Waals surface area (Å²) in [6, 6.07) is 0. The minimum Gasteiger partial charge on any atom is -0.459 e. The van der Waals surface area contributed by atoms with Crippen molar-refractivity contribution < 1.29 is 27.8 Å². The van der Waals surface area contributed by atoms with Gasteiger partial charge in [-0.3, -0.25) is 0 Å². The Bertz CT molecular complexity index is 305. The highest BCUT2D eigenvalue weighted by Crippen LogP contribution is 2.31. The lowest BCUT2D eigenvalue weighted by atomic mass is 9.98. The van der Waals surface area contributed by atoms with Crippen LogP contribution in [0.3, 0.4) is 0 Å². The van der Waals surface area contributed by atoms with Crippen LogP contribution in [-0.4, -0.2) is 29.5 Å². The first kappa shape index (κ1) is 13.0. The maximum Gasteiger partial charge on any atom is 0.412 e. The van der Waals surface area contributed by atoms with Crippen LogP contribution in [0.2, 0.25) is 0 Å². The summed E-state index contributed by atoms with van der Waals surface area (Å²) in [4.78, 5) is 11.0.